The van der Waals surface area contributed by atoms with Crippen molar-refractivity contribution in [2.24, 2.45) is 5.41 Å². The number of halogens is 1. The smallest absolute Gasteiger partial charge is 0.412 e. The fourth-order valence-corrected chi connectivity index (χ4v) is 3.35. The van der Waals surface area contributed by atoms with Crippen LogP contribution in [0.4, 0.5) is 4.79 Å². The molecule has 3 amide bonds. The molecule has 34 heavy (non-hydrogen) atoms. The summed E-state index contributed by atoms with van der Waals surface area (Å²) >= 11 is 5.95. The quantitative estimate of drug-likeness (QED) is 0.585. The predicted octanol–water partition coefficient (Wildman–Crippen LogP) is 2.79. The Hall–Kier alpha value is -2.36. The van der Waals surface area contributed by atoms with E-state index in [-0.39, 0.29) is 33.0 Å². The van der Waals surface area contributed by atoms with E-state index in [1.165, 1.54) is 9.80 Å². The predicted molar refractivity (Wildman–Crippen MR) is 128 cm³/mol. The number of nitrogens with one attached hydrogen (secondary N) is 1. The van der Waals surface area contributed by atoms with Crippen molar-refractivity contribution < 1.29 is 29.0 Å². The van der Waals surface area contributed by atoms with Gasteiger partial charge < -0.3 is 24.8 Å². The van der Waals surface area contributed by atoms with Crippen LogP contribution in [0.2, 0.25) is 5.02 Å². The first kappa shape index (κ1) is 27.9. The van der Waals surface area contributed by atoms with Gasteiger partial charge in [0.25, 0.3) is 5.91 Å². The zero-order valence-corrected chi connectivity index (χ0v) is 21.5. The molecule has 2 atom stereocenters. The van der Waals surface area contributed by atoms with Gasteiger partial charge in [-0.25, -0.2) is 4.79 Å². The maximum absolute atomic E-state index is 13.0. The SMILES string of the molecule is CC(C)(C)OC(=O)N(CNC(=O)C1COCCN1C(=O)C(O)C(C)(C)C)Cc1ccc(Cl)cc1. The van der Waals surface area contributed by atoms with E-state index in [0.29, 0.717) is 5.02 Å². The van der Waals surface area contributed by atoms with Gasteiger partial charge >= 0.3 is 6.09 Å². The summed E-state index contributed by atoms with van der Waals surface area (Å²) in [5.41, 5.74) is -0.596. The van der Waals surface area contributed by atoms with E-state index in [2.05, 4.69) is 5.32 Å². The minimum absolute atomic E-state index is 0.00193. The van der Waals surface area contributed by atoms with Gasteiger partial charge in [0, 0.05) is 11.6 Å². The molecule has 1 aliphatic rings. The van der Waals surface area contributed by atoms with Gasteiger partial charge in [-0.3, -0.25) is 14.5 Å². The molecule has 10 heteroatoms. The summed E-state index contributed by atoms with van der Waals surface area (Å²) in [5, 5.41) is 13.7. The second-order valence-corrected chi connectivity index (χ2v) is 10.8. The molecule has 0 bridgehead atoms. The van der Waals surface area contributed by atoms with E-state index in [1.54, 1.807) is 65.8 Å². The van der Waals surface area contributed by atoms with Gasteiger partial charge in [0.1, 0.15) is 17.7 Å². The average Bonchev–Trinajstić information content (AvgIpc) is 2.74. The number of aliphatic hydroxyl groups is 1. The van der Waals surface area contributed by atoms with Crippen LogP contribution in [-0.2, 0) is 25.6 Å². The summed E-state index contributed by atoms with van der Waals surface area (Å²) in [6.45, 7) is 11.0. The van der Waals surface area contributed by atoms with Crippen LogP contribution in [0.25, 0.3) is 0 Å². The van der Waals surface area contributed by atoms with Crippen LogP contribution < -0.4 is 5.32 Å². The zero-order chi connectivity index (χ0) is 25.7. The van der Waals surface area contributed by atoms with Crippen LogP contribution in [-0.4, -0.2) is 77.0 Å². The summed E-state index contributed by atoms with van der Waals surface area (Å²) in [7, 11) is 0. The number of nitrogens with zero attached hydrogens (tertiary/aromatic N) is 2. The molecule has 0 aromatic heterocycles. The number of aliphatic hydroxyl groups excluding tert-OH is 1. The molecule has 2 unspecified atom stereocenters. The van der Waals surface area contributed by atoms with Crippen molar-refractivity contribution in [3.63, 3.8) is 0 Å². The number of morpholine rings is 1. The van der Waals surface area contributed by atoms with Gasteiger partial charge in [0.2, 0.25) is 5.91 Å². The number of carbonyl (C=O) groups is 3. The Kier molecular flexibility index (Phi) is 9.33. The van der Waals surface area contributed by atoms with E-state index in [1.807, 2.05) is 0 Å². The Morgan fingerprint density at radius 2 is 1.82 bits per heavy atom. The number of hydrogen-bond acceptors (Lipinski definition) is 6. The first-order chi connectivity index (χ1) is 15.7. The monoisotopic (exact) mass is 497 g/mol. The largest absolute Gasteiger partial charge is 0.444 e. The molecule has 0 spiro atoms. The van der Waals surface area contributed by atoms with E-state index in [0.717, 1.165) is 5.56 Å². The standard InChI is InChI=1S/C24H36ClN3O6/c1-23(2,3)19(29)21(31)28-11-12-33-14-18(28)20(30)26-15-27(22(32)34-24(4,5)6)13-16-7-9-17(25)10-8-16/h7-10,18-19,29H,11-15H2,1-6H3,(H,26,30). The molecule has 2 rings (SSSR count). The van der Waals surface area contributed by atoms with Crippen molar-refractivity contribution in [1.29, 1.82) is 0 Å². The Labute approximate surface area is 206 Å². The highest BCUT2D eigenvalue weighted by atomic mass is 35.5. The highest BCUT2D eigenvalue weighted by Gasteiger charge is 2.39. The molecule has 2 N–H and O–H groups in total. The summed E-state index contributed by atoms with van der Waals surface area (Å²) in [6, 6.07) is 6.07. The van der Waals surface area contributed by atoms with Gasteiger partial charge in [0.05, 0.1) is 26.4 Å². The summed E-state index contributed by atoms with van der Waals surface area (Å²) < 4.78 is 10.9. The number of hydrogen-bond donors (Lipinski definition) is 2. The molecule has 1 aromatic carbocycles. The summed E-state index contributed by atoms with van der Waals surface area (Å²) in [5.74, 6) is -1.01. The van der Waals surface area contributed by atoms with Crippen LogP contribution in [0, 0.1) is 5.41 Å². The molecule has 190 valence electrons. The Balaban J connectivity index is 2.13. The first-order valence-electron chi connectivity index (χ1n) is 11.3. The van der Waals surface area contributed by atoms with E-state index in [9.17, 15) is 19.5 Å². The minimum atomic E-state index is -1.26. The second-order valence-electron chi connectivity index (χ2n) is 10.4. The van der Waals surface area contributed by atoms with Crippen molar-refractivity contribution >= 4 is 29.5 Å². The van der Waals surface area contributed by atoms with Gasteiger partial charge in [-0.15, -0.1) is 0 Å². The molecule has 1 saturated heterocycles. The first-order valence-corrected chi connectivity index (χ1v) is 11.6. The topological polar surface area (TPSA) is 108 Å². The normalized spacial score (nSPS) is 17.6. The molecule has 9 nitrogen and oxygen atoms in total. The molecule has 0 radical (unpaired) electrons. The lowest BCUT2D eigenvalue weighted by molar-refractivity contribution is -0.159. The number of amides is 3. The lowest BCUT2D eigenvalue weighted by atomic mass is 9.88. The third-order valence-electron chi connectivity index (χ3n) is 5.15. The maximum atomic E-state index is 13.0. The number of ether oxygens (including phenoxy) is 2. The fourth-order valence-electron chi connectivity index (χ4n) is 3.23. The molecule has 1 heterocycles. The lowest BCUT2D eigenvalue weighted by Gasteiger charge is -2.38. The van der Waals surface area contributed by atoms with Crippen molar-refractivity contribution in [2.75, 3.05) is 26.4 Å². The van der Waals surface area contributed by atoms with Crippen molar-refractivity contribution in [1.82, 2.24) is 15.1 Å². The van der Waals surface area contributed by atoms with Crippen molar-refractivity contribution in [3.8, 4) is 0 Å². The van der Waals surface area contributed by atoms with Gasteiger partial charge in [-0.1, -0.05) is 44.5 Å². The second kappa shape index (κ2) is 11.4. The molecule has 0 saturated carbocycles. The van der Waals surface area contributed by atoms with E-state index >= 15 is 0 Å². The van der Waals surface area contributed by atoms with Crippen LogP contribution in [0.15, 0.2) is 24.3 Å². The van der Waals surface area contributed by atoms with Gasteiger partial charge in [-0.05, 0) is 43.9 Å². The molecular formula is C24H36ClN3O6. The summed E-state index contributed by atoms with van der Waals surface area (Å²) in [4.78, 5) is 41.4. The molecular weight excluding hydrogens is 462 g/mol. The molecule has 1 aliphatic heterocycles. The zero-order valence-electron chi connectivity index (χ0n) is 20.8. The Bertz CT molecular complexity index is 863. The van der Waals surface area contributed by atoms with Gasteiger partial charge in [-0.2, -0.15) is 0 Å². The molecule has 0 aliphatic carbocycles. The fraction of sp³-hybridized carbons (Fsp3) is 0.625. The van der Waals surface area contributed by atoms with Crippen LogP contribution in [0.3, 0.4) is 0 Å². The number of carbonyl (C=O) groups excluding carboxylic acids is 3. The van der Waals surface area contributed by atoms with Crippen LogP contribution in [0.5, 0.6) is 0 Å². The summed E-state index contributed by atoms with van der Waals surface area (Å²) in [6.07, 6.45) is -1.86. The average molecular weight is 498 g/mol. The number of rotatable bonds is 6. The lowest BCUT2D eigenvalue weighted by Crippen LogP contribution is -2.60. The Morgan fingerprint density at radius 3 is 2.38 bits per heavy atom. The van der Waals surface area contributed by atoms with Crippen molar-refractivity contribution in [2.45, 2.75) is 65.8 Å². The molecule has 1 fully saturated rings. The third kappa shape index (κ3) is 8.14. The molecule has 1 aromatic rings. The highest BCUT2D eigenvalue weighted by Crippen LogP contribution is 2.23. The number of benzene rings is 1. The van der Waals surface area contributed by atoms with E-state index < -0.39 is 41.1 Å². The van der Waals surface area contributed by atoms with E-state index in [4.69, 9.17) is 21.1 Å². The highest BCUT2D eigenvalue weighted by molar-refractivity contribution is 6.30. The Morgan fingerprint density at radius 1 is 1.21 bits per heavy atom. The van der Waals surface area contributed by atoms with Gasteiger partial charge in [0.15, 0.2) is 0 Å². The maximum Gasteiger partial charge on any atom is 0.412 e. The van der Waals surface area contributed by atoms with Crippen molar-refractivity contribution in [3.05, 3.63) is 34.9 Å². The van der Waals surface area contributed by atoms with Crippen LogP contribution >= 0.6 is 11.6 Å². The third-order valence-corrected chi connectivity index (χ3v) is 5.40. The van der Waals surface area contributed by atoms with Crippen LogP contribution in [0.1, 0.15) is 47.1 Å². The minimum Gasteiger partial charge on any atom is -0.444 e.